The summed E-state index contributed by atoms with van der Waals surface area (Å²) in [5.74, 6) is 0. The Morgan fingerprint density at radius 3 is 1.75 bits per heavy atom. The Hall–Kier alpha value is -0.460. The zero-order valence-electron chi connectivity index (χ0n) is 6.15. The van der Waals surface area contributed by atoms with Crippen LogP contribution < -0.4 is 5.73 Å². The Labute approximate surface area is 51.6 Å². The molecule has 0 heterocycles. The molecule has 0 aliphatic carbocycles. The lowest BCUT2D eigenvalue weighted by Crippen LogP contribution is -2.07. The summed E-state index contributed by atoms with van der Waals surface area (Å²) in [6.45, 7) is 8.48. The van der Waals surface area contributed by atoms with E-state index in [9.17, 15) is 0 Å². The smallest absolute Gasteiger partial charge is 0.00679 e. The highest BCUT2D eigenvalue weighted by atomic mass is 14.5. The molecule has 0 aliphatic rings. The quantitative estimate of drug-likeness (QED) is 0.510. The largest absolute Gasteiger partial charge is 0.405 e. The molecule has 0 radical (unpaired) electrons. The lowest BCUT2D eigenvalue weighted by Gasteiger charge is -2.17. The Morgan fingerprint density at radius 1 is 1.38 bits per heavy atom. The molecule has 0 spiro atoms. The maximum atomic E-state index is 5.30. The van der Waals surface area contributed by atoms with Gasteiger partial charge < -0.3 is 5.73 Å². The van der Waals surface area contributed by atoms with Crippen molar-refractivity contribution in [2.45, 2.75) is 27.7 Å². The van der Waals surface area contributed by atoms with Gasteiger partial charge in [0.2, 0.25) is 0 Å². The Kier molecular flexibility index (Phi) is 2.08. The fourth-order valence-corrected chi connectivity index (χ4v) is 0.250. The highest BCUT2D eigenvalue weighted by molar-refractivity contribution is 5.04. The summed E-state index contributed by atoms with van der Waals surface area (Å²) in [5.41, 5.74) is 6.77. The van der Waals surface area contributed by atoms with E-state index in [0.29, 0.717) is 0 Å². The number of nitrogens with two attached hydrogens (primary N) is 1. The van der Waals surface area contributed by atoms with E-state index in [-0.39, 0.29) is 5.41 Å². The summed E-state index contributed by atoms with van der Waals surface area (Å²) in [7, 11) is 0. The molecule has 1 nitrogen and oxygen atoms in total. The first-order valence-corrected chi connectivity index (χ1v) is 2.87. The summed E-state index contributed by atoms with van der Waals surface area (Å²) in [6.07, 6.45) is 1.67. The average molecular weight is 113 g/mol. The van der Waals surface area contributed by atoms with Gasteiger partial charge in [-0.05, 0) is 18.5 Å². The lowest BCUT2D eigenvalue weighted by molar-refractivity contribution is 0.502. The van der Waals surface area contributed by atoms with Crippen LogP contribution in [0.3, 0.4) is 0 Å². The lowest BCUT2D eigenvalue weighted by atomic mass is 9.88. The van der Waals surface area contributed by atoms with Crippen LogP contribution in [0.1, 0.15) is 27.7 Å². The molecule has 48 valence electrons. The van der Waals surface area contributed by atoms with E-state index in [1.54, 1.807) is 6.20 Å². The van der Waals surface area contributed by atoms with Gasteiger partial charge in [-0.15, -0.1) is 0 Å². The van der Waals surface area contributed by atoms with Crippen molar-refractivity contribution >= 4 is 0 Å². The molecule has 0 amide bonds. The topological polar surface area (TPSA) is 26.0 Å². The second-order valence-electron chi connectivity index (χ2n) is 3.10. The second-order valence-corrected chi connectivity index (χ2v) is 3.10. The van der Waals surface area contributed by atoms with Crippen LogP contribution in [0.2, 0.25) is 0 Å². The van der Waals surface area contributed by atoms with Gasteiger partial charge in [-0.1, -0.05) is 26.3 Å². The van der Waals surface area contributed by atoms with E-state index in [2.05, 4.69) is 20.8 Å². The minimum Gasteiger partial charge on any atom is -0.405 e. The molecule has 0 fully saturated rings. The highest BCUT2D eigenvalue weighted by Crippen LogP contribution is 2.22. The van der Waals surface area contributed by atoms with Crippen molar-refractivity contribution in [3.63, 3.8) is 0 Å². The van der Waals surface area contributed by atoms with Crippen molar-refractivity contribution in [2.75, 3.05) is 0 Å². The van der Waals surface area contributed by atoms with Crippen LogP contribution in [-0.4, -0.2) is 0 Å². The predicted molar refractivity (Wildman–Crippen MR) is 37.4 cm³/mol. The molecule has 0 saturated carbocycles. The second kappa shape index (κ2) is 2.21. The first kappa shape index (κ1) is 7.54. The van der Waals surface area contributed by atoms with Gasteiger partial charge in [0.15, 0.2) is 0 Å². The third-order valence-electron chi connectivity index (χ3n) is 1.43. The monoisotopic (exact) mass is 113 g/mol. The van der Waals surface area contributed by atoms with Crippen molar-refractivity contribution < 1.29 is 0 Å². The number of rotatable bonds is 0. The Morgan fingerprint density at radius 2 is 1.75 bits per heavy atom. The van der Waals surface area contributed by atoms with Crippen molar-refractivity contribution in [3.05, 3.63) is 11.8 Å². The van der Waals surface area contributed by atoms with Gasteiger partial charge in [0.25, 0.3) is 0 Å². The Bertz CT molecular complexity index is 95.4. The zero-order chi connectivity index (χ0) is 6.78. The fourth-order valence-electron chi connectivity index (χ4n) is 0.250. The van der Waals surface area contributed by atoms with Crippen molar-refractivity contribution in [2.24, 2.45) is 11.1 Å². The number of allylic oxidation sites excluding steroid dienone is 1. The molecule has 0 aliphatic heterocycles. The van der Waals surface area contributed by atoms with Crippen LogP contribution in [0.15, 0.2) is 11.8 Å². The predicted octanol–water partition coefficient (Wildman–Crippen LogP) is 1.90. The van der Waals surface area contributed by atoms with Gasteiger partial charge in [0.05, 0.1) is 0 Å². The molecule has 1 heteroatoms. The third-order valence-corrected chi connectivity index (χ3v) is 1.43. The SMILES string of the molecule is C/C(=C\N)C(C)(C)C. The van der Waals surface area contributed by atoms with Gasteiger partial charge in [-0.3, -0.25) is 0 Å². The third kappa shape index (κ3) is 2.01. The average Bonchev–Trinajstić information content (AvgIpc) is 1.62. The van der Waals surface area contributed by atoms with Crippen LogP contribution in [0.4, 0.5) is 0 Å². The fraction of sp³-hybridized carbons (Fsp3) is 0.714. The van der Waals surface area contributed by atoms with E-state index >= 15 is 0 Å². The van der Waals surface area contributed by atoms with E-state index < -0.39 is 0 Å². The molecule has 0 unspecified atom stereocenters. The first-order valence-electron chi connectivity index (χ1n) is 2.87. The van der Waals surface area contributed by atoms with Crippen LogP contribution in [0.5, 0.6) is 0 Å². The van der Waals surface area contributed by atoms with Gasteiger partial charge in [0.1, 0.15) is 0 Å². The molecular formula is C7H15N. The number of hydrogen-bond acceptors (Lipinski definition) is 1. The van der Waals surface area contributed by atoms with E-state index in [1.165, 1.54) is 5.57 Å². The van der Waals surface area contributed by atoms with Crippen molar-refractivity contribution in [1.29, 1.82) is 0 Å². The van der Waals surface area contributed by atoms with Crippen molar-refractivity contribution in [1.82, 2.24) is 0 Å². The van der Waals surface area contributed by atoms with Crippen LogP contribution >= 0.6 is 0 Å². The summed E-state index contributed by atoms with van der Waals surface area (Å²) >= 11 is 0. The molecule has 0 aromatic carbocycles. The van der Waals surface area contributed by atoms with Gasteiger partial charge >= 0.3 is 0 Å². The summed E-state index contributed by atoms with van der Waals surface area (Å²) in [4.78, 5) is 0. The molecule has 0 saturated heterocycles. The molecule has 0 aromatic rings. The van der Waals surface area contributed by atoms with Crippen LogP contribution in [-0.2, 0) is 0 Å². The van der Waals surface area contributed by atoms with Gasteiger partial charge in [0, 0.05) is 0 Å². The standard InChI is InChI=1S/C7H15N/c1-6(5-8)7(2,3)4/h5H,8H2,1-4H3/b6-5+. The molecule has 0 aromatic heterocycles. The molecule has 8 heavy (non-hydrogen) atoms. The minimum atomic E-state index is 0.245. The maximum Gasteiger partial charge on any atom is -0.00679 e. The maximum absolute atomic E-state index is 5.30. The Balaban J connectivity index is 4.03. The van der Waals surface area contributed by atoms with Gasteiger partial charge in [-0.2, -0.15) is 0 Å². The summed E-state index contributed by atoms with van der Waals surface area (Å²) in [6, 6.07) is 0. The summed E-state index contributed by atoms with van der Waals surface area (Å²) < 4.78 is 0. The van der Waals surface area contributed by atoms with E-state index in [1.807, 2.05) is 6.92 Å². The molecule has 2 N–H and O–H groups in total. The van der Waals surface area contributed by atoms with Crippen LogP contribution in [0, 0.1) is 5.41 Å². The summed E-state index contributed by atoms with van der Waals surface area (Å²) in [5, 5.41) is 0. The van der Waals surface area contributed by atoms with E-state index in [0.717, 1.165) is 0 Å². The molecular weight excluding hydrogens is 98.1 g/mol. The van der Waals surface area contributed by atoms with Gasteiger partial charge in [-0.25, -0.2) is 0 Å². The molecule has 0 rings (SSSR count). The first-order chi connectivity index (χ1) is 3.48. The number of hydrogen-bond donors (Lipinski definition) is 1. The normalized spacial score (nSPS) is 14.2. The van der Waals surface area contributed by atoms with Crippen LogP contribution in [0.25, 0.3) is 0 Å². The van der Waals surface area contributed by atoms with E-state index in [4.69, 9.17) is 5.73 Å². The molecule has 0 atom stereocenters. The molecule has 0 bridgehead atoms. The minimum absolute atomic E-state index is 0.245. The van der Waals surface area contributed by atoms with Crippen molar-refractivity contribution in [3.8, 4) is 0 Å². The highest BCUT2D eigenvalue weighted by Gasteiger charge is 2.10. The zero-order valence-corrected chi connectivity index (χ0v) is 6.15.